The zero-order valence-electron chi connectivity index (χ0n) is 19.0. The number of carbonyl (C=O) groups excluding carboxylic acids is 1. The summed E-state index contributed by atoms with van der Waals surface area (Å²) < 4.78 is 85.7. The lowest BCUT2D eigenvalue weighted by Crippen LogP contribution is -2.56. The zero-order valence-corrected chi connectivity index (χ0v) is 19.0. The van der Waals surface area contributed by atoms with Crippen LogP contribution in [0.2, 0.25) is 0 Å². The van der Waals surface area contributed by atoms with E-state index in [2.05, 4.69) is 10.6 Å². The Morgan fingerprint density at radius 1 is 0.943 bits per heavy atom. The quantitative estimate of drug-likeness (QED) is 0.527. The lowest BCUT2D eigenvalue weighted by molar-refractivity contribution is -0.143. The summed E-state index contributed by atoms with van der Waals surface area (Å²) in [7, 11) is 0. The minimum Gasteiger partial charge on any atom is -0.372 e. The number of nitrogens with one attached hydrogen (secondary N) is 2. The molecule has 0 aromatic heterocycles. The van der Waals surface area contributed by atoms with Crippen LogP contribution in [0.3, 0.4) is 0 Å². The highest BCUT2D eigenvalue weighted by atomic mass is 19.4. The lowest BCUT2D eigenvalue weighted by atomic mass is 9.71. The summed E-state index contributed by atoms with van der Waals surface area (Å²) in [5.41, 5.74) is -2.95. The van der Waals surface area contributed by atoms with Gasteiger partial charge in [0.05, 0.1) is 29.4 Å². The maximum absolute atomic E-state index is 13.3. The molecule has 3 atom stereocenters. The molecule has 2 fully saturated rings. The number of ether oxygens (including phenoxy) is 1. The molecule has 0 aliphatic carbocycles. The molecule has 0 radical (unpaired) electrons. The van der Waals surface area contributed by atoms with Crippen LogP contribution in [-0.4, -0.2) is 25.6 Å². The third-order valence-corrected chi connectivity index (χ3v) is 7.07. The monoisotopic (exact) mass is 500 g/mol. The lowest BCUT2D eigenvalue weighted by Gasteiger charge is -2.46. The number of hydrogen-bond acceptors (Lipinski definition) is 3. The van der Waals surface area contributed by atoms with Crippen molar-refractivity contribution in [1.82, 2.24) is 10.6 Å². The minimum absolute atomic E-state index is 0.00565. The van der Waals surface area contributed by atoms with Gasteiger partial charge in [0, 0.05) is 24.9 Å². The van der Waals surface area contributed by atoms with Gasteiger partial charge in [-0.1, -0.05) is 30.3 Å². The van der Waals surface area contributed by atoms with E-state index in [-0.39, 0.29) is 29.6 Å². The van der Waals surface area contributed by atoms with Gasteiger partial charge in [-0.25, -0.2) is 0 Å². The van der Waals surface area contributed by atoms with E-state index >= 15 is 0 Å². The molecule has 2 aromatic rings. The number of carbonyl (C=O) groups is 1. The van der Waals surface area contributed by atoms with Crippen LogP contribution in [0.15, 0.2) is 48.5 Å². The molecule has 4 rings (SSSR count). The number of hydrogen-bond donors (Lipinski definition) is 2. The maximum atomic E-state index is 13.3. The Bertz CT molecular complexity index is 1030. The average molecular weight is 500 g/mol. The van der Waals surface area contributed by atoms with Crippen molar-refractivity contribution in [3.8, 4) is 0 Å². The van der Waals surface area contributed by atoms with Crippen molar-refractivity contribution in [3.63, 3.8) is 0 Å². The summed E-state index contributed by atoms with van der Waals surface area (Å²) in [5, 5.41) is 6.36. The average Bonchev–Trinajstić information content (AvgIpc) is 3.18. The van der Waals surface area contributed by atoms with Gasteiger partial charge in [-0.15, -0.1) is 0 Å². The molecule has 0 saturated carbocycles. The number of halogens is 6. The Morgan fingerprint density at radius 3 is 2.06 bits per heavy atom. The van der Waals surface area contributed by atoms with Gasteiger partial charge >= 0.3 is 12.4 Å². The summed E-state index contributed by atoms with van der Waals surface area (Å²) in [4.78, 5) is 11.8. The predicted molar refractivity (Wildman–Crippen MR) is 116 cm³/mol. The largest absolute Gasteiger partial charge is 0.416 e. The van der Waals surface area contributed by atoms with E-state index in [0.717, 1.165) is 5.56 Å². The van der Waals surface area contributed by atoms with Crippen molar-refractivity contribution in [1.29, 1.82) is 0 Å². The van der Waals surface area contributed by atoms with Crippen LogP contribution in [0.5, 0.6) is 0 Å². The van der Waals surface area contributed by atoms with E-state index in [0.29, 0.717) is 44.5 Å². The Kier molecular flexibility index (Phi) is 6.65. The normalized spacial score (nSPS) is 26.1. The molecule has 1 spiro atoms. The second-order valence-corrected chi connectivity index (χ2v) is 9.55. The molecule has 35 heavy (non-hydrogen) atoms. The molecule has 190 valence electrons. The third kappa shape index (κ3) is 5.48. The van der Waals surface area contributed by atoms with Gasteiger partial charge in [0.2, 0.25) is 5.91 Å². The molecule has 2 aromatic carbocycles. The molecular weight excluding hydrogens is 474 g/mol. The Balaban J connectivity index is 1.58. The van der Waals surface area contributed by atoms with E-state index in [1.54, 1.807) is 0 Å². The van der Waals surface area contributed by atoms with Gasteiger partial charge in [0.1, 0.15) is 0 Å². The first-order valence-electron chi connectivity index (χ1n) is 11.3. The van der Waals surface area contributed by atoms with Crippen molar-refractivity contribution in [2.24, 2.45) is 5.41 Å². The van der Waals surface area contributed by atoms with Crippen LogP contribution in [-0.2, 0) is 27.4 Å². The van der Waals surface area contributed by atoms with E-state index in [1.165, 1.54) is 6.92 Å². The van der Waals surface area contributed by atoms with Crippen LogP contribution in [0.4, 0.5) is 26.3 Å². The molecule has 1 amide bonds. The predicted octanol–water partition coefficient (Wildman–Crippen LogP) is 5.59. The fourth-order valence-corrected chi connectivity index (χ4v) is 4.85. The highest BCUT2D eigenvalue weighted by Gasteiger charge is 2.47. The molecule has 2 aliphatic rings. The molecular formula is C25H26F6N2O2. The first kappa shape index (κ1) is 25.5. The van der Waals surface area contributed by atoms with Gasteiger partial charge in [0.25, 0.3) is 0 Å². The van der Waals surface area contributed by atoms with Crippen LogP contribution >= 0.6 is 0 Å². The SMILES string of the molecule is CC(OCC1(c2ccccc2)CC[C@]2(CNC(=O)C2)CN1)c1cc(C(F)(F)F)cc(C(F)(F)F)c1. The molecule has 2 N–H and O–H groups in total. The Labute approximate surface area is 199 Å². The van der Waals surface area contributed by atoms with E-state index in [9.17, 15) is 31.1 Å². The maximum Gasteiger partial charge on any atom is 0.416 e. The third-order valence-electron chi connectivity index (χ3n) is 7.07. The molecule has 4 nitrogen and oxygen atoms in total. The summed E-state index contributed by atoms with van der Waals surface area (Å²) in [5.74, 6) is -0.00565. The molecule has 0 bridgehead atoms. The van der Waals surface area contributed by atoms with E-state index in [1.807, 2.05) is 30.3 Å². The first-order valence-corrected chi connectivity index (χ1v) is 11.3. The van der Waals surface area contributed by atoms with E-state index in [4.69, 9.17) is 4.74 Å². The summed E-state index contributed by atoms with van der Waals surface area (Å²) in [6.45, 7) is 2.57. The summed E-state index contributed by atoms with van der Waals surface area (Å²) >= 11 is 0. The number of piperidine rings is 1. The van der Waals surface area contributed by atoms with Crippen molar-refractivity contribution >= 4 is 5.91 Å². The van der Waals surface area contributed by atoms with E-state index < -0.39 is 35.1 Å². The second kappa shape index (κ2) is 9.13. The van der Waals surface area contributed by atoms with Crippen LogP contribution < -0.4 is 10.6 Å². The van der Waals surface area contributed by atoms with Crippen LogP contribution in [0, 0.1) is 5.41 Å². The van der Waals surface area contributed by atoms with Gasteiger partial charge in [0.15, 0.2) is 0 Å². The van der Waals surface area contributed by atoms with Crippen molar-refractivity contribution in [2.75, 3.05) is 19.7 Å². The molecule has 2 heterocycles. The highest BCUT2D eigenvalue weighted by molar-refractivity contribution is 5.79. The molecule has 10 heteroatoms. The Hall–Kier alpha value is -2.59. The molecule has 2 unspecified atom stereocenters. The van der Waals surface area contributed by atoms with Gasteiger partial charge < -0.3 is 15.4 Å². The topological polar surface area (TPSA) is 50.4 Å². The minimum atomic E-state index is -4.92. The number of rotatable bonds is 5. The summed E-state index contributed by atoms with van der Waals surface area (Å²) in [6.07, 6.45) is -9.15. The molecule has 2 aliphatic heterocycles. The highest BCUT2D eigenvalue weighted by Crippen LogP contribution is 2.43. The number of benzene rings is 2. The van der Waals surface area contributed by atoms with Crippen molar-refractivity contribution < 1.29 is 35.9 Å². The van der Waals surface area contributed by atoms with Gasteiger partial charge in [-0.2, -0.15) is 26.3 Å². The van der Waals surface area contributed by atoms with Crippen LogP contribution in [0.1, 0.15) is 54.5 Å². The van der Waals surface area contributed by atoms with Gasteiger partial charge in [-0.05, 0) is 49.1 Å². The second-order valence-electron chi connectivity index (χ2n) is 9.55. The fraction of sp³-hybridized carbons (Fsp3) is 0.480. The number of amides is 1. The first-order chi connectivity index (χ1) is 16.3. The standard InChI is InChI=1S/C25H26F6N2O2/c1-16(17-9-19(24(26,27)28)11-20(10-17)25(29,30)31)35-15-23(18-5-3-2-4-6-18)8-7-22(14-33-23)12-21(34)32-13-22/h2-6,9-11,16,33H,7-8,12-15H2,1H3,(H,32,34)/t16?,22-,23?/m0/s1. The Morgan fingerprint density at radius 2 is 1.57 bits per heavy atom. The molecule has 2 saturated heterocycles. The van der Waals surface area contributed by atoms with Gasteiger partial charge in [-0.3, -0.25) is 4.79 Å². The van der Waals surface area contributed by atoms with Crippen LogP contribution in [0.25, 0.3) is 0 Å². The van der Waals surface area contributed by atoms with Crippen molar-refractivity contribution in [2.45, 2.75) is 50.2 Å². The number of alkyl halides is 6. The summed E-state index contributed by atoms with van der Waals surface area (Å²) in [6, 6.07) is 10.9. The van der Waals surface area contributed by atoms with Crippen molar-refractivity contribution in [3.05, 3.63) is 70.8 Å². The smallest absolute Gasteiger partial charge is 0.372 e. The fourth-order valence-electron chi connectivity index (χ4n) is 4.85. The zero-order chi connectivity index (χ0) is 25.5.